The Morgan fingerprint density at radius 1 is 1.48 bits per heavy atom. The molecular formula is C14H20N2O4S. The summed E-state index contributed by atoms with van der Waals surface area (Å²) in [6.07, 6.45) is 1.75. The fraction of sp³-hybridized carbons (Fsp3) is 0.500. The molecule has 1 aromatic carbocycles. The molecule has 0 fully saturated rings. The highest BCUT2D eigenvalue weighted by atomic mass is 32.2. The predicted molar refractivity (Wildman–Crippen MR) is 82.8 cm³/mol. The number of aliphatic hydroxyl groups is 1. The zero-order chi connectivity index (χ0) is 16.2. The zero-order valence-corrected chi connectivity index (χ0v) is 13.4. The van der Waals surface area contributed by atoms with Gasteiger partial charge in [-0.1, -0.05) is 0 Å². The minimum atomic E-state index is -1.02. The Hall–Kier alpha value is -1.60. The summed E-state index contributed by atoms with van der Waals surface area (Å²) in [6.45, 7) is 5.61. The van der Waals surface area contributed by atoms with Gasteiger partial charge >= 0.3 is 0 Å². The molecule has 0 aromatic heterocycles. The first-order valence-electron chi connectivity index (χ1n) is 6.53. The summed E-state index contributed by atoms with van der Waals surface area (Å²) in [6, 6.07) is 4.45. The van der Waals surface area contributed by atoms with E-state index in [1.165, 1.54) is 22.7 Å². The lowest BCUT2D eigenvalue weighted by molar-refractivity contribution is -0.387. The zero-order valence-electron chi connectivity index (χ0n) is 12.6. The van der Waals surface area contributed by atoms with Crippen LogP contribution < -0.4 is 0 Å². The third-order valence-electron chi connectivity index (χ3n) is 2.87. The Labute approximate surface area is 128 Å². The number of carbonyl (C=O) groups is 1. The van der Waals surface area contributed by atoms with Gasteiger partial charge in [-0.3, -0.25) is 14.9 Å². The molecular weight excluding hydrogens is 292 g/mol. The van der Waals surface area contributed by atoms with Gasteiger partial charge in [0.15, 0.2) is 0 Å². The lowest BCUT2D eigenvalue weighted by Gasteiger charge is -2.28. The van der Waals surface area contributed by atoms with Gasteiger partial charge < -0.3 is 10.0 Å². The van der Waals surface area contributed by atoms with Gasteiger partial charge in [0.1, 0.15) is 0 Å². The van der Waals surface area contributed by atoms with Crippen LogP contribution in [-0.2, 0) is 0 Å². The molecule has 21 heavy (non-hydrogen) atoms. The van der Waals surface area contributed by atoms with Crippen LogP contribution in [0, 0.1) is 10.1 Å². The summed E-state index contributed by atoms with van der Waals surface area (Å²) in [7, 11) is 0. The van der Waals surface area contributed by atoms with Gasteiger partial charge in [-0.15, -0.1) is 11.8 Å². The Balaban J connectivity index is 3.11. The number of nitrogens with zero attached hydrogens (tertiary/aromatic N) is 2. The molecule has 0 aliphatic carbocycles. The topological polar surface area (TPSA) is 83.7 Å². The fourth-order valence-corrected chi connectivity index (χ4v) is 2.49. The van der Waals surface area contributed by atoms with E-state index < -0.39 is 10.5 Å². The van der Waals surface area contributed by atoms with Crippen molar-refractivity contribution in [1.82, 2.24) is 4.90 Å². The minimum absolute atomic E-state index is 0.0762. The summed E-state index contributed by atoms with van der Waals surface area (Å²) in [5.41, 5.74) is -0.838. The first-order chi connectivity index (χ1) is 9.69. The van der Waals surface area contributed by atoms with Crippen molar-refractivity contribution in [2.75, 3.05) is 19.3 Å². The summed E-state index contributed by atoms with van der Waals surface area (Å²) < 4.78 is 0. The van der Waals surface area contributed by atoms with Crippen molar-refractivity contribution < 1.29 is 14.8 Å². The highest BCUT2D eigenvalue weighted by molar-refractivity contribution is 7.98. The van der Waals surface area contributed by atoms with E-state index in [4.69, 9.17) is 0 Å². The lowest BCUT2D eigenvalue weighted by Crippen LogP contribution is -2.42. The number of likely N-dealkylation sites (N-methyl/N-ethyl adjacent to an activating group) is 1. The summed E-state index contributed by atoms with van der Waals surface area (Å²) in [5, 5.41) is 20.9. The first kappa shape index (κ1) is 17.5. The van der Waals surface area contributed by atoms with E-state index in [1.807, 2.05) is 0 Å². The second-order valence-electron chi connectivity index (χ2n) is 5.28. The van der Waals surface area contributed by atoms with Crippen LogP contribution in [-0.4, -0.2) is 45.8 Å². The van der Waals surface area contributed by atoms with Gasteiger partial charge in [0.05, 0.1) is 15.4 Å². The Bertz CT molecular complexity index is 540. The van der Waals surface area contributed by atoms with E-state index in [0.29, 0.717) is 11.4 Å². The number of thioether (sulfide) groups is 1. The number of hydrogen-bond acceptors (Lipinski definition) is 5. The molecule has 0 saturated heterocycles. The standard InChI is InChI=1S/C14H20N2O4S/c1-5-15(9-14(2,3)18)13(17)10-6-7-12(21-4)11(8-10)16(19)20/h6-8,18H,5,9H2,1-4H3. The molecule has 0 radical (unpaired) electrons. The molecule has 1 amide bonds. The maximum Gasteiger partial charge on any atom is 0.283 e. The maximum atomic E-state index is 12.4. The summed E-state index contributed by atoms with van der Waals surface area (Å²) in [5.74, 6) is -0.324. The third-order valence-corrected chi connectivity index (χ3v) is 3.65. The second kappa shape index (κ2) is 6.91. The van der Waals surface area contributed by atoms with Crippen LogP contribution in [0.3, 0.4) is 0 Å². The largest absolute Gasteiger partial charge is 0.389 e. The number of benzene rings is 1. The molecule has 1 N–H and O–H groups in total. The number of rotatable bonds is 6. The van der Waals surface area contributed by atoms with Crippen LogP contribution in [0.25, 0.3) is 0 Å². The average Bonchev–Trinajstić information content (AvgIpc) is 2.42. The lowest BCUT2D eigenvalue weighted by atomic mass is 10.1. The van der Waals surface area contributed by atoms with Crippen molar-refractivity contribution in [3.05, 3.63) is 33.9 Å². The number of nitro groups is 1. The van der Waals surface area contributed by atoms with Crippen LogP contribution in [0.1, 0.15) is 31.1 Å². The smallest absolute Gasteiger partial charge is 0.283 e. The fourth-order valence-electron chi connectivity index (χ4n) is 1.94. The van der Waals surface area contributed by atoms with Crippen molar-refractivity contribution in [1.29, 1.82) is 0 Å². The molecule has 1 aromatic rings. The van der Waals surface area contributed by atoms with Gasteiger partial charge in [0.2, 0.25) is 0 Å². The van der Waals surface area contributed by atoms with E-state index in [1.54, 1.807) is 39.2 Å². The minimum Gasteiger partial charge on any atom is -0.389 e. The molecule has 1 rings (SSSR count). The molecule has 0 saturated carbocycles. The first-order valence-corrected chi connectivity index (χ1v) is 7.76. The molecule has 0 heterocycles. The molecule has 7 heteroatoms. The van der Waals surface area contributed by atoms with Gasteiger partial charge in [0, 0.05) is 24.7 Å². The van der Waals surface area contributed by atoms with E-state index in [9.17, 15) is 20.0 Å². The Kier molecular flexibility index (Phi) is 5.74. The van der Waals surface area contributed by atoms with E-state index in [-0.39, 0.29) is 23.7 Å². The van der Waals surface area contributed by atoms with E-state index in [2.05, 4.69) is 0 Å². The van der Waals surface area contributed by atoms with E-state index >= 15 is 0 Å². The van der Waals surface area contributed by atoms with Gasteiger partial charge in [-0.05, 0) is 39.2 Å². The SMILES string of the molecule is CCN(CC(C)(C)O)C(=O)c1ccc(SC)c([N+](=O)[O-])c1. The molecule has 0 aliphatic rings. The number of hydrogen-bond donors (Lipinski definition) is 1. The van der Waals surface area contributed by atoms with Crippen molar-refractivity contribution in [3.8, 4) is 0 Å². The second-order valence-corrected chi connectivity index (χ2v) is 6.12. The molecule has 6 nitrogen and oxygen atoms in total. The van der Waals surface area contributed by atoms with Crippen LogP contribution in [0.15, 0.2) is 23.1 Å². The average molecular weight is 312 g/mol. The van der Waals surface area contributed by atoms with Gasteiger partial charge in [-0.2, -0.15) is 0 Å². The van der Waals surface area contributed by atoms with Crippen LogP contribution >= 0.6 is 11.8 Å². The number of nitro benzene ring substituents is 1. The van der Waals surface area contributed by atoms with Crippen LogP contribution in [0.4, 0.5) is 5.69 Å². The monoisotopic (exact) mass is 312 g/mol. The van der Waals surface area contributed by atoms with Crippen molar-refractivity contribution in [2.24, 2.45) is 0 Å². The summed E-state index contributed by atoms with van der Waals surface area (Å²) >= 11 is 1.26. The maximum absolute atomic E-state index is 12.4. The quantitative estimate of drug-likeness (QED) is 0.496. The van der Waals surface area contributed by atoms with Crippen LogP contribution in [0.5, 0.6) is 0 Å². The normalized spacial score (nSPS) is 11.3. The highest BCUT2D eigenvalue weighted by Gasteiger charge is 2.24. The Morgan fingerprint density at radius 3 is 2.52 bits per heavy atom. The van der Waals surface area contributed by atoms with Crippen LogP contribution in [0.2, 0.25) is 0 Å². The van der Waals surface area contributed by atoms with Crippen molar-refractivity contribution in [2.45, 2.75) is 31.3 Å². The predicted octanol–water partition coefficient (Wildman–Crippen LogP) is 2.55. The third kappa shape index (κ3) is 4.71. The molecule has 0 unspecified atom stereocenters. The van der Waals surface area contributed by atoms with Gasteiger partial charge in [0.25, 0.3) is 11.6 Å². The summed E-state index contributed by atoms with van der Waals surface area (Å²) in [4.78, 5) is 25.0. The Morgan fingerprint density at radius 2 is 2.10 bits per heavy atom. The van der Waals surface area contributed by atoms with Gasteiger partial charge in [-0.25, -0.2) is 0 Å². The highest BCUT2D eigenvalue weighted by Crippen LogP contribution is 2.28. The molecule has 0 aliphatic heterocycles. The van der Waals surface area contributed by atoms with E-state index in [0.717, 1.165) is 0 Å². The van der Waals surface area contributed by atoms with Crippen molar-refractivity contribution in [3.63, 3.8) is 0 Å². The molecule has 0 spiro atoms. The van der Waals surface area contributed by atoms with Crippen molar-refractivity contribution >= 4 is 23.4 Å². The molecule has 0 atom stereocenters. The number of amides is 1. The number of carbonyl (C=O) groups excluding carboxylic acids is 1. The molecule has 116 valence electrons. The molecule has 0 bridgehead atoms.